The molecule has 0 amide bonds. The number of halogens is 1. The van der Waals surface area contributed by atoms with E-state index >= 15 is 0 Å². The first-order chi connectivity index (χ1) is 8.63. The van der Waals surface area contributed by atoms with Crippen LogP contribution in [0.4, 0.5) is 5.82 Å². The molecule has 1 aromatic heterocycles. The van der Waals surface area contributed by atoms with Gasteiger partial charge in [0.05, 0.1) is 9.26 Å². The summed E-state index contributed by atoms with van der Waals surface area (Å²) in [4.78, 5) is 9.27. The van der Waals surface area contributed by atoms with E-state index in [2.05, 4.69) is 46.7 Å². The predicted molar refractivity (Wildman–Crippen MR) is 83.8 cm³/mol. The molecule has 18 heavy (non-hydrogen) atoms. The van der Waals surface area contributed by atoms with Crippen LogP contribution in [-0.2, 0) is 0 Å². The summed E-state index contributed by atoms with van der Waals surface area (Å²) in [6, 6.07) is 10.1. The molecule has 2 aromatic rings. The van der Waals surface area contributed by atoms with Crippen molar-refractivity contribution < 1.29 is 0 Å². The van der Waals surface area contributed by atoms with Gasteiger partial charge < -0.3 is 5.32 Å². The maximum atomic E-state index is 4.69. The van der Waals surface area contributed by atoms with Crippen molar-refractivity contribution in [3.63, 3.8) is 0 Å². The first kappa shape index (κ1) is 13.3. The predicted octanol–water partition coefficient (Wildman–Crippen LogP) is 3.91. The molecule has 0 atom stereocenters. The number of benzene rings is 1. The topological polar surface area (TPSA) is 37.8 Å². The molecular formula is C14H16IN3. The third kappa shape index (κ3) is 2.63. The van der Waals surface area contributed by atoms with E-state index in [-0.39, 0.29) is 0 Å². The van der Waals surface area contributed by atoms with Crippen molar-refractivity contribution in [2.24, 2.45) is 0 Å². The SMILES string of the molecule is CNc1nc(-c2ccccc2)nc(C(C)C)c1I. The van der Waals surface area contributed by atoms with Crippen molar-refractivity contribution in [1.29, 1.82) is 0 Å². The molecule has 0 saturated carbocycles. The zero-order valence-electron chi connectivity index (χ0n) is 10.7. The molecule has 0 aliphatic carbocycles. The lowest BCUT2D eigenvalue weighted by Crippen LogP contribution is -2.06. The van der Waals surface area contributed by atoms with E-state index in [1.165, 1.54) is 0 Å². The Morgan fingerprint density at radius 1 is 1.11 bits per heavy atom. The quantitative estimate of drug-likeness (QED) is 0.851. The van der Waals surface area contributed by atoms with E-state index in [4.69, 9.17) is 4.98 Å². The van der Waals surface area contributed by atoms with Crippen LogP contribution in [0, 0.1) is 3.57 Å². The van der Waals surface area contributed by atoms with Gasteiger partial charge in [0, 0.05) is 12.6 Å². The molecule has 0 saturated heterocycles. The number of nitrogens with one attached hydrogen (secondary N) is 1. The Morgan fingerprint density at radius 2 is 1.78 bits per heavy atom. The number of aromatic nitrogens is 2. The molecule has 1 aromatic carbocycles. The first-order valence-corrected chi connectivity index (χ1v) is 7.02. The van der Waals surface area contributed by atoms with Crippen LogP contribution in [-0.4, -0.2) is 17.0 Å². The molecule has 1 N–H and O–H groups in total. The Hall–Kier alpha value is -1.17. The van der Waals surface area contributed by atoms with Gasteiger partial charge in [0.25, 0.3) is 0 Å². The molecule has 0 spiro atoms. The van der Waals surface area contributed by atoms with Gasteiger partial charge in [-0.15, -0.1) is 0 Å². The lowest BCUT2D eigenvalue weighted by atomic mass is 10.1. The molecular weight excluding hydrogens is 337 g/mol. The van der Waals surface area contributed by atoms with Gasteiger partial charge in [-0.25, -0.2) is 9.97 Å². The number of nitrogens with zero attached hydrogens (tertiary/aromatic N) is 2. The average molecular weight is 353 g/mol. The minimum absolute atomic E-state index is 0.384. The monoisotopic (exact) mass is 353 g/mol. The summed E-state index contributed by atoms with van der Waals surface area (Å²) in [7, 11) is 1.89. The van der Waals surface area contributed by atoms with Gasteiger partial charge in [0.15, 0.2) is 5.82 Å². The summed E-state index contributed by atoms with van der Waals surface area (Å²) in [5, 5.41) is 3.14. The fourth-order valence-electron chi connectivity index (χ4n) is 1.73. The Labute approximate surface area is 121 Å². The van der Waals surface area contributed by atoms with Crippen LogP contribution >= 0.6 is 22.6 Å². The standard InChI is InChI=1S/C14H16IN3/c1-9(2)12-11(15)14(16-3)18-13(17-12)10-7-5-4-6-8-10/h4-9H,1-3H3,(H,16,17,18). The van der Waals surface area contributed by atoms with Crippen molar-refractivity contribution in [1.82, 2.24) is 9.97 Å². The van der Waals surface area contributed by atoms with Crippen LogP contribution in [0.25, 0.3) is 11.4 Å². The first-order valence-electron chi connectivity index (χ1n) is 5.94. The van der Waals surface area contributed by atoms with Gasteiger partial charge >= 0.3 is 0 Å². The Morgan fingerprint density at radius 3 is 2.33 bits per heavy atom. The maximum Gasteiger partial charge on any atom is 0.161 e. The highest BCUT2D eigenvalue weighted by Gasteiger charge is 2.14. The second-order valence-electron chi connectivity index (χ2n) is 4.37. The van der Waals surface area contributed by atoms with Crippen LogP contribution < -0.4 is 5.32 Å². The summed E-state index contributed by atoms with van der Waals surface area (Å²) in [6.07, 6.45) is 0. The van der Waals surface area contributed by atoms with E-state index in [9.17, 15) is 0 Å². The highest BCUT2D eigenvalue weighted by atomic mass is 127. The highest BCUT2D eigenvalue weighted by Crippen LogP contribution is 2.27. The van der Waals surface area contributed by atoms with Crippen molar-refractivity contribution in [2.45, 2.75) is 19.8 Å². The minimum Gasteiger partial charge on any atom is -0.372 e. The molecule has 0 aliphatic heterocycles. The number of anilines is 1. The van der Waals surface area contributed by atoms with Gasteiger partial charge in [-0.2, -0.15) is 0 Å². The summed E-state index contributed by atoms with van der Waals surface area (Å²) in [5.74, 6) is 2.06. The van der Waals surface area contributed by atoms with E-state index in [1.54, 1.807) is 0 Å². The third-order valence-corrected chi connectivity index (χ3v) is 3.76. The fourth-order valence-corrected chi connectivity index (χ4v) is 2.86. The van der Waals surface area contributed by atoms with Gasteiger partial charge in [0.1, 0.15) is 5.82 Å². The zero-order chi connectivity index (χ0) is 13.1. The van der Waals surface area contributed by atoms with E-state index in [0.717, 1.165) is 26.5 Å². The van der Waals surface area contributed by atoms with Crippen LogP contribution in [0.3, 0.4) is 0 Å². The van der Waals surface area contributed by atoms with Crippen LogP contribution in [0.1, 0.15) is 25.5 Å². The van der Waals surface area contributed by atoms with Crippen molar-refractivity contribution >= 4 is 28.4 Å². The second kappa shape index (κ2) is 5.65. The van der Waals surface area contributed by atoms with Crippen molar-refractivity contribution in [2.75, 3.05) is 12.4 Å². The Balaban J connectivity index is 2.59. The Kier molecular flexibility index (Phi) is 4.16. The minimum atomic E-state index is 0.384. The molecule has 0 aliphatic rings. The van der Waals surface area contributed by atoms with Crippen LogP contribution in [0.5, 0.6) is 0 Å². The van der Waals surface area contributed by atoms with E-state index < -0.39 is 0 Å². The Bertz CT molecular complexity index is 538. The molecule has 0 unspecified atom stereocenters. The molecule has 1 heterocycles. The zero-order valence-corrected chi connectivity index (χ0v) is 12.9. The molecule has 4 heteroatoms. The number of rotatable bonds is 3. The summed E-state index contributed by atoms with van der Waals surface area (Å²) in [6.45, 7) is 4.30. The highest BCUT2D eigenvalue weighted by molar-refractivity contribution is 14.1. The smallest absolute Gasteiger partial charge is 0.161 e. The molecule has 0 fully saturated rings. The fraction of sp³-hybridized carbons (Fsp3) is 0.286. The lowest BCUT2D eigenvalue weighted by molar-refractivity contribution is 0.809. The molecule has 0 bridgehead atoms. The lowest BCUT2D eigenvalue weighted by Gasteiger charge is -2.13. The molecule has 94 valence electrons. The normalized spacial score (nSPS) is 10.7. The maximum absolute atomic E-state index is 4.69. The summed E-state index contributed by atoms with van der Waals surface area (Å²) >= 11 is 2.30. The third-order valence-electron chi connectivity index (χ3n) is 2.69. The number of hydrogen-bond donors (Lipinski definition) is 1. The van der Waals surface area contributed by atoms with Gasteiger partial charge in [0.2, 0.25) is 0 Å². The van der Waals surface area contributed by atoms with Crippen molar-refractivity contribution in [3.05, 3.63) is 39.6 Å². The van der Waals surface area contributed by atoms with E-state index in [0.29, 0.717) is 5.92 Å². The second-order valence-corrected chi connectivity index (χ2v) is 5.44. The largest absolute Gasteiger partial charge is 0.372 e. The van der Waals surface area contributed by atoms with Gasteiger partial charge in [-0.1, -0.05) is 44.2 Å². The molecule has 3 nitrogen and oxygen atoms in total. The molecule has 0 radical (unpaired) electrons. The molecule has 2 rings (SSSR count). The van der Waals surface area contributed by atoms with Gasteiger partial charge in [-0.3, -0.25) is 0 Å². The van der Waals surface area contributed by atoms with Crippen LogP contribution in [0.2, 0.25) is 0 Å². The summed E-state index contributed by atoms with van der Waals surface area (Å²) < 4.78 is 1.10. The number of hydrogen-bond acceptors (Lipinski definition) is 3. The van der Waals surface area contributed by atoms with Gasteiger partial charge in [-0.05, 0) is 28.5 Å². The van der Waals surface area contributed by atoms with E-state index in [1.807, 2.05) is 37.4 Å². The van der Waals surface area contributed by atoms with Crippen molar-refractivity contribution in [3.8, 4) is 11.4 Å². The van der Waals surface area contributed by atoms with Crippen LogP contribution in [0.15, 0.2) is 30.3 Å². The summed E-state index contributed by atoms with van der Waals surface area (Å²) in [5.41, 5.74) is 2.14. The average Bonchev–Trinajstić information content (AvgIpc) is 2.39.